The number of nitrogens with one attached hydrogen (secondary N) is 1. The zero-order valence-corrected chi connectivity index (χ0v) is 12.1. The van der Waals surface area contributed by atoms with Gasteiger partial charge in [0.1, 0.15) is 5.82 Å². The van der Waals surface area contributed by atoms with E-state index >= 15 is 0 Å². The summed E-state index contributed by atoms with van der Waals surface area (Å²) < 4.78 is 19.1. The van der Waals surface area contributed by atoms with Gasteiger partial charge >= 0.3 is 0 Å². The highest BCUT2D eigenvalue weighted by molar-refractivity contribution is 7.99. The zero-order chi connectivity index (χ0) is 13.9. The highest BCUT2D eigenvalue weighted by Gasteiger charge is 2.35. The molecule has 1 fully saturated rings. The van der Waals surface area contributed by atoms with Crippen molar-refractivity contribution < 1.29 is 13.9 Å². The van der Waals surface area contributed by atoms with Crippen LogP contribution in [0.15, 0.2) is 18.2 Å². The topological polar surface area (TPSA) is 38.3 Å². The van der Waals surface area contributed by atoms with Gasteiger partial charge in [0.25, 0.3) is 5.91 Å². The minimum Gasteiger partial charge on any atom is -0.376 e. The van der Waals surface area contributed by atoms with Crippen LogP contribution < -0.4 is 5.32 Å². The van der Waals surface area contributed by atoms with E-state index < -0.39 is 11.7 Å². The van der Waals surface area contributed by atoms with Crippen molar-refractivity contribution in [2.45, 2.75) is 12.0 Å². The summed E-state index contributed by atoms with van der Waals surface area (Å²) in [5, 5.41) is 2.83. The van der Waals surface area contributed by atoms with Crippen LogP contribution in [0.3, 0.4) is 0 Å². The second-order valence-electron chi connectivity index (χ2n) is 4.47. The van der Waals surface area contributed by atoms with E-state index in [2.05, 4.69) is 5.32 Å². The molecule has 1 unspecified atom stereocenters. The molecule has 0 saturated carbocycles. The van der Waals surface area contributed by atoms with Crippen molar-refractivity contribution in [3.63, 3.8) is 0 Å². The van der Waals surface area contributed by atoms with Gasteiger partial charge in [-0.15, -0.1) is 0 Å². The normalized spacial score (nSPS) is 22.5. The van der Waals surface area contributed by atoms with Crippen molar-refractivity contribution in [2.24, 2.45) is 0 Å². The van der Waals surface area contributed by atoms with E-state index in [1.807, 2.05) is 0 Å². The molecule has 19 heavy (non-hydrogen) atoms. The number of benzene rings is 1. The van der Waals surface area contributed by atoms with Crippen LogP contribution in [0.1, 0.15) is 16.8 Å². The Bertz CT molecular complexity index is 457. The van der Waals surface area contributed by atoms with Gasteiger partial charge in [-0.05, 0) is 24.3 Å². The number of thioether (sulfide) groups is 1. The smallest absolute Gasteiger partial charge is 0.255 e. The van der Waals surface area contributed by atoms with Crippen LogP contribution in [0, 0.1) is 5.82 Å². The third-order valence-corrected chi connectivity index (χ3v) is 4.80. The fourth-order valence-corrected chi connectivity index (χ4v) is 3.65. The van der Waals surface area contributed by atoms with Gasteiger partial charge in [0.2, 0.25) is 0 Å². The Labute approximate surface area is 120 Å². The Kier molecular flexibility index (Phi) is 4.71. The van der Waals surface area contributed by atoms with E-state index in [1.165, 1.54) is 18.2 Å². The Balaban J connectivity index is 2.05. The fourth-order valence-electron chi connectivity index (χ4n) is 2.01. The first-order valence-corrected chi connectivity index (χ1v) is 7.46. The minimum absolute atomic E-state index is 0.110. The third-order valence-electron chi connectivity index (χ3n) is 3.26. The summed E-state index contributed by atoms with van der Waals surface area (Å²) >= 11 is 7.64. The molecule has 3 nitrogen and oxygen atoms in total. The van der Waals surface area contributed by atoms with Crippen LogP contribution in [0.2, 0.25) is 5.02 Å². The minimum atomic E-state index is -0.614. The molecule has 2 rings (SSSR count). The second-order valence-corrected chi connectivity index (χ2v) is 5.98. The first-order valence-electron chi connectivity index (χ1n) is 5.93. The molecular weight excluding hydrogens is 289 g/mol. The third kappa shape index (κ3) is 3.22. The van der Waals surface area contributed by atoms with E-state index in [-0.39, 0.29) is 16.2 Å². The molecule has 1 atom stereocenters. The molecule has 0 aromatic heterocycles. The van der Waals surface area contributed by atoms with Crippen LogP contribution in [0.4, 0.5) is 4.39 Å². The Morgan fingerprint density at radius 2 is 2.42 bits per heavy atom. The summed E-state index contributed by atoms with van der Waals surface area (Å²) in [7, 11) is 1.63. The number of rotatable bonds is 4. The average molecular weight is 304 g/mol. The Morgan fingerprint density at radius 3 is 3.00 bits per heavy atom. The van der Waals surface area contributed by atoms with Crippen molar-refractivity contribution in [3.8, 4) is 0 Å². The molecule has 6 heteroatoms. The number of amides is 1. The van der Waals surface area contributed by atoms with Gasteiger partial charge in [-0.25, -0.2) is 4.39 Å². The van der Waals surface area contributed by atoms with Crippen LogP contribution in [0.5, 0.6) is 0 Å². The highest BCUT2D eigenvalue weighted by atomic mass is 35.5. The molecule has 0 radical (unpaired) electrons. The van der Waals surface area contributed by atoms with Gasteiger partial charge in [0, 0.05) is 19.4 Å². The van der Waals surface area contributed by atoms with Crippen molar-refractivity contribution >= 4 is 29.3 Å². The van der Waals surface area contributed by atoms with Crippen LogP contribution >= 0.6 is 23.4 Å². The van der Waals surface area contributed by atoms with Gasteiger partial charge in [-0.2, -0.15) is 11.8 Å². The maximum absolute atomic E-state index is 13.6. The van der Waals surface area contributed by atoms with E-state index in [4.69, 9.17) is 16.3 Å². The highest BCUT2D eigenvalue weighted by Crippen LogP contribution is 2.30. The molecule has 1 aliphatic heterocycles. The number of hydrogen-bond donors (Lipinski definition) is 1. The molecule has 1 N–H and O–H groups in total. The molecule has 1 amide bonds. The summed E-state index contributed by atoms with van der Waals surface area (Å²) in [6.45, 7) is 0.361. The van der Waals surface area contributed by atoms with Gasteiger partial charge in [-0.3, -0.25) is 4.79 Å². The van der Waals surface area contributed by atoms with Crippen molar-refractivity contribution in [3.05, 3.63) is 34.6 Å². The fraction of sp³-hybridized carbons (Fsp3) is 0.462. The van der Waals surface area contributed by atoms with Crippen molar-refractivity contribution in [1.82, 2.24) is 5.32 Å². The number of halogens is 2. The molecule has 1 aromatic carbocycles. The summed E-state index contributed by atoms with van der Waals surface area (Å²) in [5.74, 6) is 0.715. The lowest BCUT2D eigenvalue weighted by atomic mass is 10.0. The molecule has 0 aliphatic carbocycles. The van der Waals surface area contributed by atoms with Gasteiger partial charge < -0.3 is 10.1 Å². The lowest BCUT2D eigenvalue weighted by molar-refractivity contribution is 0.0136. The molecule has 1 aromatic rings. The Morgan fingerprint density at radius 1 is 1.63 bits per heavy atom. The van der Waals surface area contributed by atoms with E-state index in [0.29, 0.717) is 6.54 Å². The number of carbonyl (C=O) groups excluding carboxylic acids is 1. The van der Waals surface area contributed by atoms with E-state index in [0.717, 1.165) is 17.9 Å². The van der Waals surface area contributed by atoms with Crippen LogP contribution in [0.25, 0.3) is 0 Å². The lowest BCUT2D eigenvalue weighted by Crippen LogP contribution is -2.44. The predicted octanol–water partition coefficient (Wildman–Crippen LogP) is 2.73. The first kappa shape index (κ1) is 14.6. The Hall–Kier alpha value is -0.780. The predicted molar refractivity (Wildman–Crippen MR) is 75.4 cm³/mol. The molecule has 1 saturated heterocycles. The summed E-state index contributed by atoms with van der Waals surface area (Å²) in [4.78, 5) is 12.0. The summed E-state index contributed by atoms with van der Waals surface area (Å²) in [6.07, 6.45) is 0.874. The van der Waals surface area contributed by atoms with Crippen LogP contribution in [-0.2, 0) is 4.74 Å². The SMILES string of the molecule is COC1(CNC(=O)c2c(F)cccc2Cl)CCSC1. The van der Waals surface area contributed by atoms with E-state index in [9.17, 15) is 9.18 Å². The molecule has 1 aliphatic rings. The maximum Gasteiger partial charge on any atom is 0.255 e. The standard InChI is InChI=1S/C13H15ClFNO2S/c1-18-13(5-6-19-8-13)7-16-12(17)11-9(14)3-2-4-10(11)15/h2-4H,5-8H2,1H3,(H,16,17). The maximum atomic E-state index is 13.6. The molecule has 1 heterocycles. The second kappa shape index (κ2) is 6.11. The van der Waals surface area contributed by atoms with Gasteiger partial charge in [-0.1, -0.05) is 17.7 Å². The van der Waals surface area contributed by atoms with Gasteiger partial charge in [0.15, 0.2) is 0 Å². The lowest BCUT2D eigenvalue weighted by Gasteiger charge is -2.26. The number of ether oxygens (including phenoxy) is 1. The van der Waals surface area contributed by atoms with E-state index in [1.54, 1.807) is 18.9 Å². The first-order chi connectivity index (χ1) is 9.08. The molecular formula is C13H15ClFNO2S. The summed E-state index contributed by atoms with van der Waals surface area (Å²) in [5.41, 5.74) is -0.459. The molecule has 104 valence electrons. The molecule has 0 bridgehead atoms. The number of methoxy groups -OCH3 is 1. The largest absolute Gasteiger partial charge is 0.376 e. The monoisotopic (exact) mass is 303 g/mol. The quantitative estimate of drug-likeness (QED) is 0.929. The summed E-state index contributed by atoms with van der Waals surface area (Å²) in [6, 6.07) is 4.19. The number of carbonyl (C=O) groups is 1. The molecule has 0 spiro atoms. The van der Waals surface area contributed by atoms with Crippen LogP contribution in [-0.4, -0.2) is 36.7 Å². The van der Waals surface area contributed by atoms with Gasteiger partial charge in [0.05, 0.1) is 16.2 Å². The van der Waals surface area contributed by atoms with Crippen molar-refractivity contribution in [2.75, 3.05) is 25.2 Å². The van der Waals surface area contributed by atoms with Crippen molar-refractivity contribution in [1.29, 1.82) is 0 Å². The zero-order valence-electron chi connectivity index (χ0n) is 10.5. The average Bonchev–Trinajstić information content (AvgIpc) is 2.86. The number of hydrogen-bond acceptors (Lipinski definition) is 3.